The Kier molecular flexibility index (Phi) is 5.70. The average molecular weight is 494 g/mol. The van der Waals surface area contributed by atoms with Crippen LogP contribution in [0.5, 0.6) is 5.75 Å². The van der Waals surface area contributed by atoms with E-state index in [0.717, 1.165) is 12.4 Å². The topological polar surface area (TPSA) is 66.9 Å². The summed E-state index contributed by atoms with van der Waals surface area (Å²) >= 11 is 6.16. The number of ether oxygens (including phenoxy) is 1. The van der Waals surface area contributed by atoms with Gasteiger partial charge in [-0.15, -0.1) is 0 Å². The third-order valence-electron chi connectivity index (χ3n) is 5.38. The second-order valence-corrected chi connectivity index (χ2v) is 8.19. The van der Waals surface area contributed by atoms with Crippen molar-refractivity contribution in [2.75, 3.05) is 7.11 Å². The molecule has 0 aliphatic carbocycles. The summed E-state index contributed by atoms with van der Waals surface area (Å²) in [6.07, 6.45) is 3.60. The molecular weight excluding hydrogens is 476 g/mol. The normalized spacial score (nSPS) is 11.1. The summed E-state index contributed by atoms with van der Waals surface area (Å²) in [4.78, 5) is 12.8. The van der Waals surface area contributed by atoms with Crippen molar-refractivity contribution in [3.63, 3.8) is 0 Å². The summed E-state index contributed by atoms with van der Waals surface area (Å²) < 4.78 is 36.9. The minimum Gasteiger partial charge on any atom is -0.494 e. The fourth-order valence-electron chi connectivity index (χ4n) is 3.76. The Morgan fingerprint density at radius 1 is 0.943 bits per heavy atom. The van der Waals surface area contributed by atoms with Crippen molar-refractivity contribution in [1.82, 2.24) is 24.1 Å². The van der Waals surface area contributed by atoms with Gasteiger partial charge in [0.05, 0.1) is 24.2 Å². The lowest BCUT2D eigenvalue weighted by Gasteiger charge is -2.14. The molecule has 0 aliphatic rings. The molecule has 0 N–H and O–H groups in total. The monoisotopic (exact) mass is 493 g/mol. The Hall–Kier alpha value is -4.24. The molecule has 0 spiro atoms. The van der Waals surface area contributed by atoms with Crippen LogP contribution < -0.4 is 10.2 Å². The van der Waals surface area contributed by atoms with E-state index in [-0.39, 0.29) is 11.1 Å². The first-order chi connectivity index (χ1) is 16.8. The van der Waals surface area contributed by atoms with E-state index < -0.39 is 11.6 Å². The van der Waals surface area contributed by atoms with Crippen LogP contribution in [-0.2, 0) is 0 Å². The second-order valence-electron chi connectivity index (χ2n) is 7.75. The molecule has 2 aromatic carbocycles. The van der Waals surface area contributed by atoms with Gasteiger partial charge < -0.3 is 9.30 Å². The number of aryl methyl sites for hydroxylation is 1. The van der Waals surface area contributed by atoms with Crippen LogP contribution in [0.4, 0.5) is 8.78 Å². The van der Waals surface area contributed by atoms with Crippen LogP contribution in [0.25, 0.3) is 28.5 Å². The standard InChI is InChI=1S/C25H18ClF2N5O2/c1-15-10-22(33(29-15)18-5-3-4-16(26)11-18)25-23(34)8-9-32(30-25)21-7-6-17(12-24(21)35-2)31-13-19(27)20(28)14-31/h3-14H,1-2H3. The van der Waals surface area contributed by atoms with Gasteiger partial charge in [0, 0.05) is 41.4 Å². The van der Waals surface area contributed by atoms with E-state index in [2.05, 4.69) is 10.2 Å². The minimum atomic E-state index is -0.952. The Morgan fingerprint density at radius 3 is 2.43 bits per heavy atom. The molecule has 0 saturated carbocycles. The maximum Gasteiger partial charge on any atom is 0.209 e. The molecule has 0 radical (unpaired) electrons. The van der Waals surface area contributed by atoms with E-state index in [1.165, 1.54) is 28.6 Å². The number of hydrogen-bond acceptors (Lipinski definition) is 4. The van der Waals surface area contributed by atoms with E-state index >= 15 is 0 Å². The zero-order chi connectivity index (χ0) is 24.7. The van der Waals surface area contributed by atoms with Crippen LogP contribution in [0.1, 0.15) is 5.69 Å². The van der Waals surface area contributed by atoms with Gasteiger partial charge in [0.2, 0.25) is 5.43 Å². The Morgan fingerprint density at radius 2 is 1.71 bits per heavy atom. The molecule has 0 saturated heterocycles. The summed E-state index contributed by atoms with van der Waals surface area (Å²) in [5.74, 6) is -1.52. The number of nitrogens with zero attached hydrogens (tertiary/aromatic N) is 5. The third-order valence-corrected chi connectivity index (χ3v) is 5.61. The summed E-state index contributed by atoms with van der Waals surface area (Å²) in [5, 5.41) is 9.61. The molecule has 3 aromatic heterocycles. The van der Waals surface area contributed by atoms with Crippen LogP contribution in [0.15, 0.2) is 78.0 Å². The molecule has 35 heavy (non-hydrogen) atoms. The SMILES string of the molecule is COc1cc(-n2cc(F)c(F)c2)ccc1-n1ccc(=O)c(-c2cc(C)nn2-c2cccc(Cl)c2)n1. The van der Waals surface area contributed by atoms with Crippen LogP contribution >= 0.6 is 11.6 Å². The van der Waals surface area contributed by atoms with E-state index in [1.54, 1.807) is 47.1 Å². The number of halogens is 3. The Labute approximate surface area is 203 Å². The first kappa shape index (κ1) is 22.5. The molecule has 7 nitrogen and oxygen atoms in total. The van der Waals surface area contributed by atoms with Gasteiger partial charge in [-0.2, -0.15) is 10.2 Å². The lowest BCUT2D eigenvalue weighted by atomic mass is 10.2. The molecule has 5 aromatic rings. The van der Waals surface area contributed by atoms with E-state index in [1.807, 2.05) is 13.0 Å². The third kappa shape index (κ3) is 4.22. The summed E-state index contributed by atoms with van der Waals surface area (Å²) in [7, 11) is 1.47. The molecular formula is C25H18ClF2N5O2. The lowest BCUT2D eigenvalue weighted by molar-refractivity contribution is 0.411. The molecule has 5 rings (SSSR count). The maximum atomic E-state index is 13.5. The highest BCUT2D eigenvalue weighted by Gasteiger charge is 2.17. The summed E-state index contributed by atoms with van der Waals surface area (Å²) in [6.45, 7) is 1.82. The predicted octanol–water partition coefficient (Wildman–Crippen LogP) is 5.12. The van der Waals surface area contributed by atoms with Crippen molar-refractivity contribution in [3.05, 3.63) is 106 Å². The molecule has 0 amide bonds. The van der Waals surface area contributed by atoms with Gasteiger partial charge in [0.1, 0.15) is 11.4 Å². The number of benzene rings is 2. The van der Waals surface area contributed by atoms with Crippen molar-refractivity contribution in [3.8, 4) is 34.2 Å². The number of aromatic nitrogens is 5. The summed E-state index contributed by atoms with van der Waals surface area (Å²) in [5.41, 5.74) is 2.78. The van der Waals surface area contributed by atoms with Gasteiger partial charge in [-0.1, -0.05) is 17.7 Å². The van der Waals surface area contributed by atoms with Gasteiger partial charge >= 0.3 is 0 Å². The van der Waals surface area contributed by atoms with E-state index in [0.29, 0.717) is 39.2 Å². The van der Waals surface area contributed by atoms with Gasteiger partial charge in [-0.05, 0) is 43.3 Å². The number of methoxy groups -OCH3 is 1. The first-order valence-corrected chi connectivity index (χ1v) is 10.9. The highest BCUT2D eigenvalue weighted by atomic mass is 35.5. The van der Waals surface area contributed by atoms with Crippen molar-refractivity contribution >= 4 is 11.6 Å². The van der Waals surface area contributed by atoms with Gasteiger partial charge in [-0.3, -0.25) is 4.79 Å². The number of hydrogen-bond donors (Lipinski definition) is 0. The molecule has 0 bridgehead atoms. The Bertz CT molecular complexity index is 1600. The van der Waals surface area contributed by atoms with Crippen molar-refractivity contribution in [2.45, 2.75) is 6.92 Å². The smallest absolute Gasteiger partial charge is 0.209 e. The van der Waals surface area contributed by atoms with Crippen LogP contribution in [-0.4, -0.2) is 31.2 Å². The minimum absolute atomic E-state index is 0.175. The van der Waals surface area contributed by atoms with Crippen LogP contribution in [0.3, 0.4) is 0 Å². The van der Waals surface area contributed by atoms with Crippen molar-refractivity contribution in [2.24, 2.45) is 0 Å². The molecule has 176 valence electrons. The van der Waals surface area contributed by atoms with Crippen LogP contribution in [0.2, 0.25) is 5.02 Å². The van der Waals surface area contributed by atoms with Gasteiger partial charge in [0.25, 0.3) is 0 Å². The lowest BCUT2D eigenvalue weighted by Crippen LogP contribution is -2.15. The zero-order valence-corrected chi connectivity index (χ0v) is 19.4. The molecule has 0 atom stereocenters. The molecule has 0 fully saturated rings. The molecule has 10 heteroatoms. The first-order valence-electron chi connectivity index (χ1n) is 10.5. The van der Waals surface area contributed by atoms with E-state index in [4.69, 9.17) is 16.3 Å². The van der Waals surface area contributed by atoms with Gasteiger partial charge in [-0.25, -0.2) is 18.1 Å². The Balaban J connectivity index is 1.62. The molecule has 0 unspecified atom stereocenters. The van der Waals surface area contributed by atoms with E-state index in [9.17, 15) is 13.6 Å². The fourth-order valence-corrected chi connectivity index (χ4v) is 3.95. The maximum absolute atomic E-state index is 13.5. The zero-order valence-electron chi connectivity index (χ0n) is 18.6. The number of rotatable bonds is 5. The highest BCUT2D eigenvalue weighted by molar-refractivity contribution is 6.30. The van der Waals surface area contributed by atoms with Crippen LogP contribution in [0, 0.1) is 18.6 Å². The quantitative estimate of drug-likeness (QED) is 0.340. The van der Waals surface area contributed by atoms with Gasteiger partial charge in [0.15, 0.2) is 17.3 Å². The average Bonchev–Trinajstić information content (AvgIpc) is 3.40. The fraction of sp³-hybridized carbons (Fsp3) is 0.0800. The molecule has 0 aliphatic heterocycles. The largest absolute Gasteiger partial charge is 0.494 e. The highest BCUT2D eigenvalue weighted by Crippen LogP contribution is 2.27. The van der Waals surface area contributed by atoms with Crippen molar-refractivity contribution in [1.29, 1.82) is 0 Å². The summed E-state index contributed by atoms with van der Waals surface area (Å²) in [6, 6.07) is 15.3. The predicted molar refractivity (Wildman–Crippen MR) is 128 cm³/mol. The second kappa shape index (κ2) is 8.84. The molecule has 3 heterocycles. The van der Waals surface area contributed by atoms with Crippen molar-refractivity contribution < 1.29 is 13.5 Å².